The van der Waals surface area contributed by atoms with Crippen molar-refractivity contribution in [3.05, 3.63) is 63.8 Å². The Hall–Kier alpha value is -3.18. The maximum atomic E-state index is 12.0. The monoisotopic (exact) mass is 426 g/mol. The van der Waals surface area contributed by atoms with Crippen LogP contribution in [0.1, 0.15) is 28.5 Å². The van der Waals surface area contributed by atoms with Gasteiger partial charge >= 0.3 is 5.97 Å². The Morgan fingerprint density at radius 1 is 1.26 bits per heavy atom. The van der Waals surface area contributed by atoms with Gasteiger partial charge in [-0.2, -0.15) is 15.6 Å². The van der Waals surface area contributed by atoms with E-state index in [9.17, 15) is 4.79 Å². The third kappa shape index (κ3) is 4.15. The molecule has 7 nitrogen and oxygen atoms in total. The number of H-pyrrole nitrogens is 1. The maximum Gasteiger partial charge on any atom is 0.361 e. The lowest BCUT2D eigenvalue weighted by Crippen LogP contribution is -2.06. The number of ether oxygens (including phenoxy) is 2. The molecule has 0 saturated heterocycles. The van der Waals surface area contributed by atoms with Crippen LogP contribution in [0.25, 0.3) is 11.3 Å². The van der Waals surface area contributed by atoms with Crippen molar-refractivity contribution in [1.82, 2.24) is 15.4 Å². The van der Waals surface area contributed by atoms with E-state index in [2.05, 4.69) is 37.4 Å². The lowest BCUT2D eigenvalue weighted by molar-refractivity contribution is 0.0520. The molecule has 8 heteroatoms. The van der Waals surface area contributed by atoms with E-state index in [1.54, 1.807) is 31.2 Å². The first kappa shape index (κ1) is 18.6. The fraction of sp³-hybridized carbons (Fsp3) is 0.158. The van der Waals surface area contributed by atoms with Crippen molar-refractivity contribution < 1.29 is 14.3 Å². The predicted octanol–water partition coefficient (Wildman–Crippen LogP) is 3.86. The molecule has 0 bridgehead atoms. The molecule has 2 aromatic carbocycles. The highest BCUT2D eigenvalue weighted by molar-refractivity contribution is 9.10. The standard InChI is InChI=1S/C19H15BrN4O3/c1-2-26-19(25)18-17(22-24-23-18)12-7-8-16(15(20)9-12)27-11-14-6-4-3-5-13(14)10-21/h3-9H,2,11H2,1H3,(H,22,23,24). The van der Waals surface area contributed by atoms with Gasteiger partial charge in [0, 0.05) is 11.1 Å². The highest BCUT2D eigenvalue weighted by atomic mass is 79.9. The average Bonchev–Trinajstić information content (AvgIpc) is 3.17. The van der Waals surface area contributed by atoms with E-state index in [1.807, 2.05) is 18.2 Å². The van der Waals surface area contributed by atoms with Crippen molar-refractivity contribution in [2.24, 2.45) is 0 Å². The summed E-state index contributed by atoms with van der Waals surface area (Å²) in [6.07, 6.45) is 0. The second-order valence-corrected chi connectivity index (χ2v) is 6.30. The Labute approximate surface area is 164 Å². The van der Waals surface area contributed by atoms with Gasteiger partial charge in [0.2, 0.25) is 0 Å². The summed E-state index contributed by atoms with van der Waals surface area (Å²) in [7, 11) is 0. The normalized spacial score (nSPS) is 10.3. The SMILES string of the molecule is CCOC(=O)c1n[nH]nc1-c1ccc(OCc2ccccc2C#N)c(Br)c1. The number of carbonyl (C=O) groups excluding carboxylic acids is 1. The van der Waals surface area contributed by atoms with Crippen molar-refractivity contribution in [3.8, 4) is 23.1 Å². The van der Waals surface area contributed by atoms with E-state index < -0.39 is 5.97 Å². The molecule has 0 amide bonds. The fourth-order valence-electron chi connectivity index (χ4n) is 2.45. The summed E-state index contributed by atoms with van der Waals surface area (Å²) in [5.74, 6) is 0.0680. The number of esters is 1. The van der Waals surface area contributed by atoms with Gasteiger partial charge in [0.05, 0.1) is 22.7 Å². The molecule has 0 aliphatic heterocycles. The van der Waals surface area contributed by atoms with Crippen LogP contribution in [0, 0.1) is 11.3 Å². The molecule has 3 rings (SSSR count). The van der Waals surface area contributed by atoms with Gasteiger partial charge in [-0.25, -0.2) is 4.79 Å². The molecule has 0 saturated carbocycles. The third-order valence-electron chi connectivity index (χ3n) is 3.74. The van der Waals surface area contributed by atoms with Gasteiger partial charge in [-0.05, 0) is 47.1 Å². The number of carbonyl (C=O) groups is 1. The number of nitrogens with one attached hydrogen (secondary N) is 1. The number of rotatable bonds is 6. The van der Waals surface area contributed by atoms with E-state index >= 15 is 0 Å². The Kier molecular flexibility index (Phi) is 5.84. The van der Waals surface area contributed by atoms with Crippen molar-refractivity contribution >= 4 is 21.9 Å². The van der Waals surface area contributed by atoms with Crippen LogP contribution in [0.5, 0.6) is 5.75 Å². The molecular formula is C19H15BrN4O3. The van der Waals surface area contributed by atoms with E-state index in [0.29, 0.717) is 27.0 Å². The number of aromatic amines is 1. The van der Waals surface area contributed by atoms with E-state index in [0.717, 1.165) is 5.56 Å². The van der Waals surface area contributed by atoms with Crippen LogP contribution < -0.4 is 4.74 Å². The Balaban J connectivity index is 1.80. The molecule has 136 valence electrons. The summed E-state index contributed by atoms with van der Waals surface area (Å²) in [4.78, 5) is 12.0. The summed E-state index contributed by atoms with van der Waals surface area (Å²) in [5, 5.41) is 19.5. The summed E-state index contributed by atoms with van der Waals surface area (Å²) in [6, 6.07) is 14.7. The van der Waals surface area contributed by atoms with Crippen LogP contribution in [-0.4, -0.2) is 28.0 Å². The first-order valence-electron chi connectivity index (χ1n) is 8.12. The third-order valence-corrected chi connectivity index (χ3v) is 4.36. The zero-order chi connectivity index (χ0) is 19.2. The molecule has 0 unspecified atom stereocenters. The number of hydrogen-bond acceptors (Lipinski definition) is 6. The maximum absolute atomic E-state index is 12.0. The minimum Gasteiger partial charge on any atom is -0.488 e. The minimum absolute atomic E-state index is 0.125. The average molecular weight is 427 g/mol. The first-order valence-corrected chi connectivity index (χ1v) is 8.92. The predicted molar refractivity (Wildman–Crippen MR) is 101 cm³/mol. The van der Waals surface area contributed by atoms with Crippen LogP contribution in [0.15, 0.2) is 46.9 Å². The van der Waals surface area contributed by atoms with Crippen LogP contribution in [0.2, 0.25) is 0 Å². The number of nitriles is 1. The Bertz CT molecular complexity index is 1010. The molecule has 0 aliphatic rings. The zero-order valence-electron chi connectivity index (χ0n) is 14.4. The number of halogens is 1. The van der Waals surface area contributed by atoms with Crippen LogP contribution >= 0.6 is 15.9 Å². The van der Waals surface area contributed by atoms with E-state index in [1.165, 1.54) is 0 Å². The lowest BCUT2D eigenvalue weighted by atomic mass is 10.1. The van der Waals surface area contributed by atoms with Crippen LogP contribution in [-0.2, 0) is 11.3 Å². The molecular weight excluding hydrogens is 412 g/mol. The molecule has 27 heavy (non-hydrogen) atoms. The highest BCUT2D eigenvalue weighted by Crippen LogP contribution is 2.31. The smallest absolute Gasteiger partial charge is 0.361 e. The molecule has 0 aliphatic carbocycles. The molecule has 1 N–H and O–H groups in total. The number of nitrogens with zero attached hydrogens (tertiary/aromatic N) is 3. The number of benzene rings is 2. The minimum atomic E-state index is -0.536. The molecule has 0 fully saturated rings. The van der Waals surface area contributed by atoms with Crippen molar-refractivity contribution in [2.45, 2.75) is 13.5 Å². The molecule has 1 heterocycles. The zero-order valence-corrected chi connectivity index (χ0v) is 16.0. The summed E-state index contributed by atoms with van der Waals surface area (Å²) in [5.41, 5.74) is 2.59. The van der Waals surface area contributed by atoms with Gasteiger partial charge in [0.15, 0.2) is 5.69 Å². The molecule has 0 atom stereocenters. The molecule has 0 radical (unpaired) electrons. The summed E-state index contributed by atoms with van der Waals surface area (Å²) in [6.45, 7) is 2.25. The molecule has 3 aromatic rings. The fourth-order valence-corrected chi connectivity index (χ4v) is 2.94. The van der Waals surface area contributed by atoms with E-state index in [-0.39, 0.29) is 18.9 Å². The highest BCUT2D eigenvalue weighted by Gasteiger charge is 2.19. The Morgan fingerprint density at radius 3 is 2.81 bits per heavy atom. The largest absolute Gasteiger partial charge is 0.488 e. The lowest BCUT2D eigenvalue weighted by Gasteiger charge is -2.10. The van der Waals surface area contributed by atoms with Gasteiger partial charge in [-0.3, -0.25) is 0 Å². The molecule has 1 aromatic heterocycles. The number of hydrogen-bond donors (Lipinski definition) is 1. The van der Waals surface area contributed by atoms with Gasteiger partial charge in [-0.1, -0.05) is 18.2 Å². The molecule has 0 spiro atoms. The second-order valence-electron chi connectivity index (χ2n) is 5.44. The summed E-state index contributed by atoms with van der Waals surface area (Å²) < 4.78 is 11.5. The second kappa shape index (κ2) is 8.47. The van der Waals surface area contributed by atoms with Crippen molar-refractivity contribution in [2.75, 3.05) is 6.61 Å². The van der Waals surface area contributed by atoms with Crippen molar-refractivity contribution in [3.63, 3.8) is 0 Å². The quantitative estimate of drug-likeness (QED) is 0.600. The van der Waals surface area contributed by atoms with E-state index in [4.69, 9.17) is 14.7 Å². The van der Waals surface area contributed by atoms with Crippen LogP contribution in [0.4, 0.5) is 0 Å². The van der Waals surface area contributed by atoms with Gasteiger partial charge < -0.3 is 9.47 Å². The first-order chi connectivity index (χ1) is 13.1. The van der Waals surface area contributed by atoms with Gasteiger partial charge in [0.25, 0.3) is 0 Å². The van der Waals surface area contributed by atoms with Gasteiger partial charge in [0.1, 0.15) is 18.1 Å². The summed E-state index contributed by atoms with van der Waals surface area (Å²) >= 11 is 3.47. The van der Waals surface area contributed by atoms with Crippen molar-refractivity contribution in [1.29, 1.82) is 5.26 Å². The van der Waals surface area contributed by atoms with Crippen LogP contribution in [0.3, 0.4) is 0 Å². The van der Waals surface area contributed by atoms with Gasteiger partial charge in [-0.15, -0.1) is 5.10 Å². The Morgan fingerprint density at radius 2 is 2.07 bits per heavy atom. The topological polar surface area (TPSA) is 101 Å². The number of aromatic nitrogens is 3.